The number of nitrogens with two attached hydrogens (primary N) is 1. The molecular formula is C20H26N2O4. The monoisotopic (exact) mass is 358 g/mol. The number of rotatable bonds is 9. The molecule has 2 aliphatic rings. The SMILES string of the molecule is CCCCOC(C(N)=O)c1cc(CCC(=O)N(C)O)ccc2cccc1-2. The third-order valence-electron chi connectivity index (χ3n) is 4.29. The van der Waals surface area contributed by atoms with Gasteiger partial charge in [0, 0.05) is 20.1 Å². The second-order valence-electron chi connectivity index (χ2n) is 6.33. The van der Waals surface area contributed by atoms with Gasteiger partial charge < -0.3 is 10.5 Å². The predicted octanol–water partition coefficient (Wildman–Crippen LogP) is 2.91. The minimum atomic E-state index is -0.839. The van der Waals surface area contributed by atoms with Crippen molar-refractivity contribution in [2.75, 3.05) is 13.7 Å². The average Bonchev–Trinajstić information content (AvgIpc) is 3.00. The molecule has 0 saturated carbocycles. The molecule has 6 nitrogen and oxygen atoms in total. The summed E-state index contributed by atoms with van der Waals surface area (Å²) in [5, 5.41) is 9.79. The molecule has 2 rings (SSSR count). The number of primary amides is 1. The Hall–Kier alpha value is -2.44. The van der Waals surface area contributed by atoms with Gasteiger partial charge in [-0.2, -0.15) is 0 Å². The van der Waals surface area contributed by atoms with Crippen LogP contribution in [0.5, 0.6) is 0 Å². The van der Waals surface area contributed by atoms with E-state index in [1.54, 1.807) is 0 Å². The summed E-state index contributed by atoms with van der Waals surface area (Å²) in [6.07, 6.45) is 1.57. The molecule has 2 aliphatic carbocycles. The van der Waals surface area contributed by atoms with Crippen molar-refractivity contribution in [2.24, 2.45) is 5.73 Å². The molecule has 0 aliphatic heterocycles. The molecule has 0 saturated heterocycles. The van der Waals surface area contributed by atoms with E-state index in [1.807, 2.05) is 43.3 Å². The summed E-state index contributed by atoms with van der Waals surface area (Å²) in [7, 11) is 1.30. The normalized spacial score (nSPS) is 12.1. The van der Waals surface area contributed by atoms with Gasteiger partial charge in [-0.1, -0.05) is 49.7 Å². The van der Waals surface area contributed by atoms with Crippen LogP contribution in [-0.4, -0.2) is 35.7 Å². The zero-order valence-electron chi connectivity index (χ0n) is 15.3. The first kappa shape index (κ1) is 19.9. The fraction of sp³-hybridized carbons (Fsp3) is 0.400. The van der Waals surface area contributed by atoms with Gasteiger partial charge in [0.05, 0.1) is 0 Å². The molecule has 0 heterocycles. The maximum absolute atomic E-state index is 12.0. The number of carbonyl (C=O) groups is 2. The second-order valence-corrected chi connectivity index (χ2v) is 6.33. The van der Waals surface area contributed by atoms with E-state index in [2.05, 4.69) is 0 Å². The third kappa shape index (κ3) is 5.03. The lowest BCUT2D eigenvalue weighted by atomic mass is 10.0. The lowest BCUT2D eigenvalue weighted by Gasteiger charge is -2.17. The van der Waals surface area contributed by atoms with Crippen molar-refractivity contribution < 1.29 is 19.5 Å². The molecule has 26 heavy (non-hydrogen) atoms. The van der Waals surface area contributed by atoms with Gasteiger partial charge >= 0.3 is 0 Å². The number of unbranched alkanes of at least 4 members (excludes halogenated alkanes) is 1. The summed E-state index contributed by atoms with van der Waals surface area (Å²) in [4.78, 5) is 23.7. The molecule has 0 spiro atoms. The van der Waals surface area contributed by atoms with Gasteiger partial charge in [-0.05, 0) is 35.1 Å². The fourth-order valence-electron chi connectivity index (χ4n) is 2.82. The molecule has 0 bridgehead atoms. The van der Waals surface area contributed by atoms with Crippen LogP contribution in [-0.2, 0) is 20.7 Å². The third-order valence-corrected chi connectivity index (χ3v) is 4.29. The molecule has 1 unspecified atom stereocenters. The number of nitrogens with zero attached hydrogens (tertiary/aromatic N) is 1. The van der Waals surface area contributed by atoms with Crippen molar-refractivity contribution >= 4 is 11.8 Å². The first-order valence-corrected chi connectivity index (χ1v) is 8.82. The molecule has 0 aromatic rings. The summed E-state index contributed by atoms with van der Waals surface area (Å²) in [5.41, 5.74) is 9.06. The highest BCUT2D eigenvalue weighted by atomic mass is 16.5. The van der Waals surface area contributed by atoms with Crippen molar-refractivity contribution in [1.29, 1.82) is 0 Å². The Morgan fingerprint density at radius 1 is 1.27 bits per heavy atom. The van der Waals surface area contributed by atoms with Crippen LogP contribution < -0.4 is 5.73 Å². The van der Waals surface area contributed by atoms with Gasteiger partial charge in [0.25, 0.3) is 5.91 Å². The van der Waals surface area contributed by atoms with Crippen LogP contribution in [0.2, 0.25) is 0 Å². The van der Waals surface area contributed by atoms with Crippen molar-refractivity contribution in [2.45, 2.75) is 38.7 Å². The summed E-state index contributed by atoms with van der Waals surface area (Å²) in [6.45, 7) is 2.50. The minimum absolute atomic E-state index is 0.165. The van der Waals surface area contributed by atoms with Gasteiger partial charge in [0.15, 0.2) is 6.10 Å². The highest BCUT2D eigenvalue weighted by Gasteiger charge is 2.23. The van der Waals surface area contributed by atoms with E-state index < -0.39 is 12.0 Å². The van der Waals surface area contributed by atoms with Crippen molar-refractivity contribution in [3.63, 3.8) is 0 Å². The smallest absolute Gasteiger partial charge is 0.251 e. The van der Waals surface area contributed by atoms with Crippen LogP contribution in [0.15, 0.2) is 36.4 Å². The topological polar surface area (TPSA) is 92.9 Å². The highest BCUT2D eigenvalue weighted by molar-refractivity contribution is 5.84. The molecule has 0 aromatic heterocycles. The number of carbonyl (C=O) groups excluding carboxylic acids is 2. The molecule has 1 atom stereocenters. The van der Waals surface area contributed by atoms with Crippen molar-refractivity contribution in [3.8, 4) is 11.1 Å². The van der Waals surface area contributed by atoms with E-state index in [-0.39, 0.29) is 12.3 Å². The summed E-state index contributed by atoms with van der Waals surface area (Å²) in [5.74, 6) is -0.908. The van der Waals surface area contributed by atoms with Crippen LogP contribution in [0.3, 0.4) is 0 Å². The fourth-order valence-corrected chi connectivity index (χ4v) is 2.82. The van der Waals surface area contributed by atoms with E-state index >= 15 is 0 Å². The molecular weight excluding hydrogens is 332 g/mol. The average molecular weight is 358 g/mol. The zero-order chi connectivity index (χ0) is 19.1. The van der Waals surface area contributed by atoms with Gasteiger partial charge in [-0.15, -0.1) is 0 Å². The number of hydroxylamine groups is 2. The Labute approximate surface area is 153 Å². The van der Waals surface area contributed by atoms with Crippen LogP contribution in [0.4, 0.5) is 0 Å². The molecule has 6 heteroatoms. The number of amides is 2. The summed E-state index contributed by atoms with van der Waals surface area (Å²) >= 11 is 0. The van der Waals surface area contributed by atoms with Crippen LogP contribution in [0, 0.1) is 0 Å². The molecule has 140 valence electrons. The number of aryl methyl sites for hydroxylation is 1. The Bertz CT molecular complexity index is 730. The molecule has 2 amide bonds. The minimum Gasteiger partial charge on any atom is -0.367 e. The summed E-state index contributed by atoms with van der Waals surface area (Å²) < 4.78 is 5.78. The Balaban J connectivity index is 2.36. The molecule has 0 fully saturated rings. The maximum Gasteiger partial charge on any atom is 0.251 e. The predicted molar refractivity (Wildman–Crippen MR) is 98.7 cm³/mol. The van der Waals surface area contributed by atoms with Crippen molar-refractivity contribution in [1.82, 2.24) is 5.06 Å². The number of fused-ring (bicyclic) bond motifs is 1. The second kappa shape index (κ2) is 9.31. The largest absolute Gasteiger partial charge is 0.367 e. The van der Waals surface area contributed by atoms with Crippen LogP contribution >= 0.6 is 0 Å². The van der Waals surface area contributed by atoms with E-state index in [1.165, 1.54) is 7.05 Å². The Kier molecular flexibility index (Phi) is 7.12. The molecule has 0 radical (unpaired) electrons. The summed E-state index contributed by atoms with van der Waals surface area (Å²) in [6, 6.07) is 11.5. The van der Waals surface area contributed by atoms with Gasteiger partial charge in [0.1, 0.15) is 0 Å². The Morgan fingerprint density at radius 2 is 2.04 bits per heavy atom. The van der Waals surface area contributed by atoms with Crippen LogP contribution in [0.1, 0.15) is 43.4 Å². The van der Waals surface area contributed by atoms with Gasteiger partial charge in [0.2, 0.25) is 5.91 Å². The first-order valence-electron chi connectivity index (χ1n) is 8.82. The molecule has 3 N–H and O–H groups in total. The van der Waals surface area contributed by atoms with E-state index in [4.69, 9.17) is 10.5 Å². The zero-order valence-corrected chi connectivity index (χ0v) is 15.3. The number of hydrogen-bond donors (Lipinski definition) is 2. The number of ether oxygens (including phenoxy) is 1. The van der Waals surface area contributed by atoms with E-state index in [9.17, 15) is 14.8 Å². The van der Waals surface area contributed by atoms with Crippen LogP contribution in [0.25, 0.3) is 11.1 Å². The van der Waals surface area contributed by atoms with E-state index in [0.29, 0.717) is 23.7 Å². The van der Waals surface area contributed by atoms with E-state index in [0.717, 1.165) is 29.5 Å². The van der Waals surface area contributed by atoms with Crippen molar-refractivity contribution in [3.05, 3.63) is 47.5 Å². The van der Waals surface area contributed by atoms with Gasteiger partial charge in [-0.3, -0.25) is 14.8 Å². The lowest BCUT2D eigenvalue weighted by Crippen LogP contribution is -2.24. The highest BCUT2D eigenvalue weighted by Crippen LogP contribution is 2.33. The van der Waals surface area contributed by atoms with Gasteiger partial charge in [-0.25, -0.2) is 5.06 Å². The quantitative estimate of drug-likeness (QED) is 0.409. The number of hydrogen-bond acceptors (Lipinski definition) is 4. The maximum atomic E-state index is 12.0. The Morgan fingerprint density at radius 3 is 2.69 bits per heavy atom. The molecule has 0 aromatic carbocycles. The first-order chi connectivity index (χ1) is 12.4. The standard InChI is InChI=1S/C20H26N2O4/c1-3-4-12-26-19(20(21)24)17-13-14(9-11-18(23)22(2)25)8-10-15-6-5-7-16(15)17/h5-8,10,13,19,25H,3-4,9,11-12H2,1-2H3,(H2,21,24). The lowest BCUT2D eigenvalue weighted by molar-refractivity contribution is -0.159.